The van der Waals surface area contributed by atoms with Crippen molar-refractivity contribution in [3.8, 4) is 11.5 Å². The summed E-state index contributed by atoms with van der Waals surface area (Å²) >= 11 is 1.57. The van der Waals surface area contributed by atoms with Gasteiger partial charge in [-0.15, -0.1) is 0 Å². The Morgan fingerprint density at radius 1 is 1.10 bits per heavy atom. The van der Waals surface area contributed by atoms with Crippen molar-refractivity contribution >= 4 is 23.5 Å². The third kappa shape index (κ3) is 7.64. The molecule has 3 aromatic rings. The van der Waals surface area contributed by atoms with Gasteiger partial charge in [-0.25, -0.2) is 9.97 Å². The van der Waals surface area contributed by atoms with Gasteiger partial charge in [0, 0.05) is 49.3 Å². The Bertz CT molecular complexity index is 1280. The number of nitrogens with zero attached hydrogens (tertiary/aromatic N) is 3. The Balaban J connectivity index is 1.37. The average molecular weight is 551 g/mol. The number of aryl methyl sites for hydroxylation is 1. The molecule has 0 aliphatic carbocycles. The van der Waals surface area contributed by atoms with Gasteiger partial charge in [-0.1, -0.05) is 30.0 Å². The zero-order valence-electron chi connectivity index (χ0n) is 23.5. The van der Waals surface area contributed by atoms with Crippen molar-refractivity contribution in [3.63, 3.8) is 0 Å². The molecule has 0 bridgehead atoms. The van der Waals surface area contributed by atoms with Gasteiger partial charge in [0.1, 0.15) is 5.82 Å². The maximum atomic E-state index is 12.6. The monoisotopic (exact) mass is 550 g/mol. The summed E-state index contributed by atoms with van der Waals surface area (Å²) in [5, 5.41) is 3.72. The summed E-state index contributed by atoms with van der Waals surface area (Å²) in [5.74, 6) is 2.98. The van der Waals surface area contributed by atoms with Gasteiger partial charge in [-0.3, -0.25) is 4.79 Å². The summed E-state index contributed by atoms with van der Waals surface area (Å²) in [7, 11) is 5.35. The molecule has 1 aliphatic rings. The van der Waals surface area contributed by atoms with E-state index in [0.29, 0.717) is 17.9 Å². The van der Waals surface area contributed by atoms with Crippen molar-refractivity contribution in [2.75, 3.05) is 45.9 Å². The topological polar surface area (TPSA) is 85.8 Å². The van der Waals surface area contributed by atoms with Crippen LogP contribution < -0.4 is 19.7 Å². The van der Waals surface area contributed by atoms with E-state index < -0.39 is 0 Å². The molecule has 1 unspecified atom stereocenters. The zero-order chi connectivity index (χ0) is 27.8. The molecule has 1 aromatic heterocycles. The van der Waals surface area contributed by atoms with Crippen LogP contribution in [0.1, 0.15) is 45.6 Å². The predicted molar refractivity (Wildman–Crippen MR) is 155 cm³/mol. The molecule has 39 heavy (non-hydrogen) atoms. The van der Waals surface area contributed by atoms with Crippen LogP contribution in [-0.4, -0.2) is 62.9 Å². The van der Waals surface area contributed by atoms with E-state index in [1.807, 2.05) is 43.3 Å². The Labute approximate surface area is 235 Å². The molecule has 9 heteroatoms. The fraction of sp³-hybridized carbons (Fsp3) is 0.433. The van der Waals surface area contributed by atoms with Crippen LogP contribution in [0.4, 0.5) is 5.82 Å². The highest BCUT2D eigenvalue weighted by atomic mass is 32.2. The SMILES string of the molecule is COc1ccc(CCN(C)c2nc(SCc3cccc(C(=O)NCC4CCCO4)c3)nc(C)c2C)cc1OC. The van der Waals surface area contributed by atoms with E-state index in [2.05, 4.69) is 30.3 Å². The molecular weight excluding hydrogens is 512 g/mol. The van der Waals surface area contributed by atoms with Crippen LogP contribution in [0.15, 0.2) is 47.6 Å². The van der Waals surface area contributed by atoms with Crippen LogP contribution in [0.25, 0.3) is 0 Å². The molecule has 4 rings (SSSR count). The zero-order valence-corrected chi connectivity index (χ0v) is 24.3. The number of amides is 1. The summed E-state index contributed by atoms with van der Waals surface area (Å²) < 4.78 is 16.4. The molecule has 1 saturated heterocycles. The molecule has 1 amide bonds. The van der Waals surface area contributed by atoms with E-state index in [-0.39, 0.29) is 12.0 Å². The first-order valence-electron chi connectivity index (χ1n) is 13.3. The predicted octanol–water partition coefficient (Wildman–Crippen LogP) is 4.99. The van der Waals surface area contributed by atoms with Crippen LogP contribution in [0.5, 0.6) is 11.5 Å². The van der Waals surface area contributed by atoms with E-state index in [0.717, 1.165) is 77.3 Å². The first kappa shape index (κ1) is 28.7. The van der Waals surface area contributed by atoms with E-state index in [1.54, 1.807) is 26.0 Å². The van der Waals surface area contributed by atoms with E-state index in [9.17, 15) is 4.79 Å². The molecular formula is C30H38N4O4S. The maximum Gasteiger partial charge on any atom is 0.251 e. The van der Waals surface area contributed by atoms with Gasteiger partial charge in [0.15, 0.2) is 16.7 Å². The van der Waals surface area contributed by atoms with Crippen molar-refractivity contribution in [2.45, 2.75) is 50.1 Å². The fourth-order valence-corrected chi connectivity index (χ4v) is 5.36. The Kier molecular flexibility index (Phi) is 10.1. The molecule has 208 valence electrons. The minimum atomic E-state index is -0.0711. The van der Waals surface area contributed by atoms with Crippen LogP contribution >= 0.6 is 11.8 Å². The summed E-state index contributed by atoms with van der Waals surface area (Å²) in [5.41, 5.74) is 4.90. The van der Waals surface area contributed by atoms with Gasteiger partial charge in [0.2, 0.25) is 0 Å². The Hall–Kier alpha value is -3.30. The molecule has 2 aromatic carbocycles. The normalized spacial score (nSPS) is 14.7. The van der Waals surface area contributed by atoms with Crippen LogP contribution in [0.2, 0.25) is 0 Å². The van der Waals surface area contributed by atoms with Gasteiger partial charge in [0.05, 0.1) is 20.3 Å². The van der Waals surface area contributed by atoms with Gasteiger partial charge in [0.25, 0.3) is 5.91 Å². The highest BCUT2D eigenvalue weighted by molar-refractivity contribution is 7.98. The van der Waals surface area contributed by atoms with Gasteiger partial charge >= 0.3 is 0 Å². The highest BCUT2D eigenvalue weighted by Gasteiger charge is 2.17. The number of ether oxygens (including phenoxy) is 3. The molecule has 0 spiro atoms. The number of carbonyl (C=O) groups is 1. The van der Waals surface area contributed by atoms with Crippen molar-refractivity contribution in [1.82, 2.24) is 15.3 Å². The van der Waals surface area contributed by atoms with Gasteiger partial charge < -0.3 is 24.4 Å². The van der Waals surface area contributed by atoms with Crippen molar-refractivity contribution < 1.29 is 19.0 Å². The quantitative estimate of drug-likeness (QED) is 0.249. The number of hydrogen-bond acceptors (Lipinski definition) is 8. The lowest BCUT2D eigenvalue weighted by atomic mass is 10.1. The molecule has 1 fully saturated rings. The highest BCUT2D eigenvalue weighted by Crippen LogP contribution is 2.29. The standard InChI is InChI=1S/C30H38N4O4S/c1-20-21(2)32-30(33-28(20)34(3)14-13-22-11-12-26(36-4)27(17-22)37-5)39-19-23-8-6-9-24(16-23)29(35)31-18-25-10-7-15-38-25/h6,8-9,11-12,16-17,25H,7,10,13-15,18-19H2,1-5H3,(H,31,35). The number of hydrogen-bond donors (Lipinski definition) is 1. The molecule has 0 radical (unpaired) electrons. The summed E-state index contributed by atoms with van der Waals surface area (Å²) in [6.07, 6.45) is 3.02. The summed E-state index contributed by atoms with van der Waals surface area (Å²) in [6.45, 7) is 6.20. The lowest BCUT2D eigenvalue weighted by Crippen LogP contribution is -2.31. The maximum absolute atomic E-state index is 12.6. The van der Waals surface area contributed by atoms with Crippen LogP contribution in [-0.2, 0) is 16.9 Å². The second-order valence-corrected chi connectivity index (χ2v) is 10.7. The number of anilines is 1. The first-order chi connectivity index (χ1) is 18.9. The third-order valence-electron chi connectivity index (χ3n) is 6.96. The molecule has 1 N–H and O–H groups in total. The van der Waals surface area contributed by atoms with Crippen molar-refractivity contribution in [1.29, 1.82) is 0 Å². The second kappa shape index (κ2) is 13.7. The minimum absolute atomic E-state index is 0.0711. The van der Waals surface area contributed by atoms with E-state index in [4.69, 9.17) is 24.2 Å². The van der Waals surface area contributed by atoms with Gasteiger partial charge in [-0.2, -0.15) is 0 Å². The molecule has 0 saturated carbocycles. The molecule has 1 atom stereocenters. The third-order valence-corrected chi connectivity index (χ3v) is 7.88. The van der Waals surface area contributed by atoms with E-state index >= 15 is 0 Å². The largest absolute Gasteiger partial charge is 0.493 e. The van der Waals surface area contributed by atoms with Crippen molar-refractivity contribution in [2.24, 2.45) is 0 Å². The number of benzene rings is 2. The lowest BCUT2D eigenvalue weighted by Gasteiger charge is -2.22. The number of carbonyl (C=O) groups excluding carboxylic acids is 1. The Morgan fingerprint density at radius 3 is 2.67 bits per heavy atom. The number of rotatable bonds is 12. The first-order valence-corrected chi connectivity index (χ1v) is 14.2. The van der Waals surface area contributed by atoms with Crippen LogP contribution in [0.3, 0.4) is 0 Å². The number of methoxy groups -OCH3 is 2. The van der Waals surface area contributed by atoms with Gasteiger partial charge in [-0.05, 0) is 68.5 Å². The number of thioether (sulfide) groups is 1. The second-order valence-electron chi connectivity index (χ2n) is 9.74. The molecule has 2 heterocycles. The number of likely N-dealkylation sites (N-methyl/N-ethyl adjacent to an activating group) is 1. The fourth-order valence-electron chi connectivity index (χ4n) is 4.53. The molecule has 1 aliphatic heterocycles. The lowest BCUT2D eigenvalue weighted by molar-refractivity contribution is 0.0857. The minimum Gasteiger partial charge on any atom is -0.493 e. The van der Waals surface area contributed by atoms with Crippen molar-refractivity contribution in [3.05, 3.63) is 70.4 Å². The van der Waals surface area contributed by atoms with E-state index in [1.165, 1.54) is 0 Å². The summed E-state index contributed by atoms with van der Waals surface area (Å²) in [4.78, 5) is 24.4. The number of nitrogens with one attached hydrogen (secondary N) is 1. The smallest absolute Gasteiger partial charge is 0.251 e. The Morgan fingerprint density at radius 2 is 1.92 bits per heavy atom. The average Bonchev–Trinajstić information content (AvgIpc) is 3.49. The molecule has 8 nitrogen and oxygen atoms in total. The summed E-state index contributed by atoms with van der Waals surface area (Å²) in [6, 6.07) is 13.7. The number of aromatic nitrogens is 2. The van der Waals surface area contributed by atoms with Crippen LogP contribution in [0, 0.1) is 13.8 Å².